The Morgan fingerprint density at radius 3 is 2.91 bits per heavy atom. The number of nitrogens with zero attached hydrogens (tertiary/aromatic N) is 2. The van der Waals surface area contributed by atoms with Gasteiger partial charge in [-0.3, -0.25) is 9.36 Å². The van der Waals surface area contributed by atoms with Crippen LogP contribution in [0.5, 0.6) is 0 Å². The number of carbonyl (C=O) groups is 1. The summed E-state index contributed by atoms with van der Waals surface area (Å²) in [5.74, 6) is 0.191. The van der Waals surface area contributed by atoms with E-state index < -0.39 is 0 Å². The van der Waals surface area contributed by atoms with Gasteiger partial charge in [-0.15, -0.1) is 0 Å². The van der Waals surface area contributed by atoms with Gasteiger partial charge >= 0.3 is 0 Å². The molecule has 0 spiro atoms. The topological polar surface area (TPSA) is 55.1 Å². The maximum Gasteiger partial charge on any atom is 0.229 e. The summed E-state index contributed by atoms with van der Waals surface area (Å²) in [5.41, 5.74) is 0. The van der Waals surface area contributed by atoms with Crippen LogP contribution in [0.1, 0.15) is 17.5 Å². The van der Waals surface area contributed by atoms with Gasteiger partial charge in [0, 0.05) is 13.1 Å². The van der Waals surface area contributed by atoms with Crippen molar-refractivity contribution in [2.45, 2.75) is 13.5 Å². The molecule has 11 heavy (non-hydrogen) atoms. The van der Waals surface area contributed by atoms with E-state index in [0.29, 0.717) is 10.4 Å². The Bertz CT molecular complexity index is 282. The van der Waals surface area contributed by atoms with Gasteiger partial charge in [-0.05, 0) is 15.9 Å². The lowest BCUT2D eigenvalue weighted by molar-refractivity contribution is 0.0926. The minimum atomic E-state index is -0.231. The summed E-state index contributed by atoms with van der Waals surface area (Å²) < 4.78 is 1.85. The van der Waals surface area contributed by atoms with Crippen molar-refractivity contribution in [2.24, 2.45) is 0 Å². The second-order valence-corrected chi connectivity index (χ2v) is 2.84. The fourth-order valence-electron chi connectivity index (χ4n) is 0.771. The van der Waals surface area contributed by atoms with Gasteiger partial charge in [-0.2, -0.15) is 0 Å². The van der Waals surface area contributed by atoms with Crippen molar-refractivity contribution in [3.8, 4) is 0 Å². The van der Waals surface area contributed by atoms with Crippen molar-refractivity contribution < 1.29 is 9.90 Å². The van der Waals surface area contributed by atoms with Crippen LogP contribution >= 0.6 is 15.9 Å². The SMILES string of the molecule is CC(=O)n1cc(Br)nc1CO. The second-order valence-electron chi connectivity index (χ2n) is 2.03. The Morgan fingerprint density at radius 1 is 1.91 bits per heavy atom. The van der Waals surface area contributed by atoms with E-state index in [1.807, 2.05) is 0 Å². The first-order valence-corrected chi connectivity index (χ1v) is 3.80. The van der Waals surface area contributed by atoms with Crippen LogP contribution in [0.3, 0.4) is 0 Å². The number of rotatable bonds is 1. The zero-order chi connectivity index (χ0) is 8.43. The van der Waals surface area contributed by atoms with Gasteiger partial charge in [0.1, 0.15) is 17.0 Å². The molecule has 0 amide bonds. The molecule has 1 aromatic heterocycles. The lowest BCUT2D eigenvalue weighted by Crippen LogP contribution is -2.08. The number of hydrogen-bond acceptors (Lipinski definition) is 3. The normalized spacial score (nSPS) is 10.1. The Hall–Kier alpha value is -0.680. The van der Waals surface area contributed by atoms with Gasteiger partial charge in [0.2, 0.25) is 5.91 Å². The molecule has 60 valence electrons. The van der Waals surface area contributed by atoms with Gasteiger partial charge in [-0.25, -0.2) is 4.98 Å². The maximum absolute atomic E-state index is 10.8. The van der Waals surface area contributed by atoms with Crippen molar-refractivity contribution >= 4 is 21.8 Å². The molecule has 0 aliphatic carbocycles. The van der Waals surface area contributed by atoms with Crippen LogP contribution in [0.15, 0.2) is 10.8 Å². The van der Waals surface area contributed by atoms with E-state index in [2.05, 4.69) is 20.9 Å². The summed E-state index contributed by atoms with van der Waals surface area (Å²) in [7, 11) is 0. The van der Waals surface area contributed by atoms with Crippen LogP contribution < -0.4 is 0 Å². The molecule has 1 heterocycles. The predicted octanol–water partition coefficient (Wildman–Crippen LogP) is 0.798. The number of imidazole rings is 1. The van der Waals surface area contributed by atoms with E-state index in [0.717, 1.165) is 0 Å². The molecule has 5 heteroatoms. The number of aliphatic hydroxyl groups excluding tert-OH is 1. The fraction of sp³-hybridized carbons (Fsp3) is 0.333. The molecule has 0 saturated carbocycles. The zero-order valence-corrected chi connectivity index (χ0v) is 7.50. The van der Waals surface area contributed by atoms with Crippen molar-refractivity contribution in [1.82, 2.24) is 9.55 Å². The standard InChI is InChI=1S/C6H7BrN2O2/c1-4(11)9-2-5(7)8-6(9)3-10/h2,10H,3H2,1H3. The molecule has 0 atom stereocenters. The zero-order valence-electron chi connectivity index (χ0n) is 5.91. The first kappa shape index (κ1) is 8.42. The van der Waals surface area contributed by atoms with Gasteiger partial charge < -0.3 is 5.11 Å². The van der Waals surface area contributed by atoms with E-state index >= 15 is 0 Å². The van der Waals surface area contributed by atoms with Crippen LogP contribution in [-0.4, -0.2) is 20.6 Å². The molecule has 0 fully saturated rings. The molecule has 0 aromatic carbocycles. The Labute approximate surface area is 72.0 Å². The second kappa shape index (κ2) is 3.15. The average molecular weight is 219 g/mol. The van der Waals surface area contributed by atoms with Gasteiger partial charge in [0.15, 0.2) is 0 Å². The van der Waals surface area contributed by atoms with Crippen molar-refractivity contribution in [3.05, 3.63) is 16.6 Å². The van der Waals surface area contributed by atoms with Gasteiger partial charge in [-0.1, -0.05) is 0 Å². The number of aromatic nitrogens is 2. The molecule has 4 nitrogen and oxygen atoms in total. The number of halogens is 1. The van der Waals surface area contributed by atoms with E-state index in [1.54, 1.807) is 0 Å². The highest BCUT2D eigenvalue weighted by Crippen LogP contribution is 2.09. The first-order chi connectivity index (χ1) is 5.15. The summed E-state index contributed by atoms with van der Waals surface area (Å²) in [6, 6.07) is 0. The highest BCUT2D eigenvalue weighted by Gasteiger charge is 2.07. The van der Waals surface area contributed by atoms with Crippen molar-refractivity contribution in [3.63, 3.8) is 0 Å². The molecule has 1 aromatic rings. The fourth-order valence-corrected chi connectivity index (χ4v) is 1.18. The molecule has 1 N–H and O–H groups in total. The Balaban J connectivity index is 3.12. The smallest absolute Gasteiger partial charge is 0.229 e. The summed E-state index contributed by atoms with van der Waals surface area (Å²) in [6.07, 6.45) is 1.52. The number of aliphatic hydroxyl groups is 1. The number of hydrogen-bond donors (Lipinski definition) is 1. The molecular formula is C6H7BrN2O2. The largest absolute Gasteiger partial charge is 0.388 e. The third-order valence-corrected chi connectivity index (χ3v) is 1.61. The van der Waals surface area contributed by atoms with E-state index in [-0.39, 0.29) is 12.5 Å². The predicted molar refractivity (Wildman–Crippen MR) is 42.2 cm³/mol. The van der Waals surface area contributed by atoms with Crippen LogP contribution in [0.4, 0.5) is 0 Å². The molecule has 0 radical (unpaired) electrons. The minimum Gasteiger partial charge on any atom is -0.388 e. The van der Waals surface area contributed by atoms with Crippen LogP contribution in [-0.2, 0) is 6.61 Å². The van der Waals surface area contributed by atoms with E-state index in [1.165, 1.54) is 17.7 Å². The average Bonchev–Trinajstić information content (AvgIpc) is 2.30. The lowest BCUT2D eigenvalue weighted by Gasteiger charge is -1.97. The van der Waals surface area contributed by atoms with Crippen LogP contribution in [0, 0.1) is 0 Å². The molecule has 0 aliphatic rings. The third-order valence-electron chi connectivity index (χ3n) is 1.23. The summed E-state index contributed by atoms with van der Waals surface area (Å²) in [6.45, 7) is 1.18. The minimum absolute atomic E-state index is 0.160. The summed E-state index contributed by atoms with van der Waals surface area (Å²) in [4.78, 5) is 14.7. The van der Waals surface area contributed by atoms with Crippen molar-refractivity contribution in [1.29, 1.82) is 0 Å². The van der Waals surface area contributed by atoms with E-state index in [9.17, 15) is 4.79 Å². The highest BCUT2D eigenvalue weighted by molar-refractivity contribution is 9.10. The van der Waals surface area contributed by atoms with Crippen molar-refractivity contribution in [2.75, 3.05) is 0 Å². The third kappa shape index (κ3) is 1.66. The monoisotopic (exact) mass is 218 g/mol. The van der Waals surface area contributed by atoms with Gasteiger partial charge in [0.25, 0.3) is 0 Å². The number of carbonyl (C=O) groups excluding carboxylic acids is 1. The van der Waals surface area contributed by atoms with Gasteiger partial charge in [0.05, 0.1) is 0 Å². The Kier molecular flexibility index (Phi) is 2.41. The molecule has 0 unspecified atom stereocenters. The molecule has 0 aliphatic heterocycles. The summed E-state index contributed by atoms with van der Waals surface area (Å²) >= 11 is 3.10. The maximum atomic E-state index is 10.8. The molecule has 0 bridgehead atoms. The molecular weight excluding hydrogens is 212 g/mol. The van der Waals surface area contributed by atoms with Crippen LogP contribution in [0.2, 0.25) is 0 Å². The quantitative estimate of drug-likeness (QED) is 0.759. The van der Waals surface area contributed by atoms with Crippen LogP contribution in [0.25, 0.3) is 0 Å². The molecule has 0 saturated heterocycles. The summed E-state index contributed by atoms with van der Waals surface area (Å²) in [5, 5.41) is 8.72. The van der Waals surface area contributed by atoms with E-state index in [4.69, 9.17) is 5.11 Å². The first-order valence-electron chi connectivity index (χ1n) is 3.00. The molecule has 1 rings (SSSR count). The highest BCUT2D eigenvalue weighted by atomic mass is 79.9. The lowest BCUT2D eigenvalue weighted by atomic mass is 10.6. The Morgan fingerprint density at radius 2 is 2.55 bits per heavy atom.